The summed E-state index contributed by atoms with van der Waals surface area (Å²) in [5.74, 6) is 0.0194. The summed E-state index contributed by atoms with van der Waals surface area (Å²) < 4.78 is 32.2. The number of hydrogen-bond donors (Lipinski definition) is 3. The lowest BCUT2D eigenvalue weighted by atomic mass is 9.98. The third-order valence-electron chi connectivity index (χ3n) is 8.31. The van der Waals surface area contributed by atoms with Gasteiger partial charge in [0.2, 0.25) is 0 Å². The number of rotatable bonds is 24. The van der Waals surface area contributed by atoms with Gasteiger partial charge in [-0.05, 0) is 55.4 Å². The fourth-order valence-electron chi connectivity index (χ4n) is 5.51. The van der Waals surface area contributed by atoms with E-state index in [9.17, 15) is 24.3 Å². The first-order valence-corrected chi connectivity index (χ1v) is 20.3. The standard InChI is InChI=1S/C37H51N3O12S2/c1-37(2,54-53-26-48-18-7-8-19-50-36(45)52-40-32(41)13-14-33(40)42)15-20-49-34(43)38-16-21-46-23-24-47-22-17-39-35(44)51-25-31-29-11-5-3-9-27(29)28-10-4-6-12-30(28)31/h3-6,9-12,31-32,41H,7-8,13-26H2,1-2H3,(H,38,43)(H,39,44). The zero-order chi connectivity index (χ0) is 38.6. The van der Waals surface area contributed by atoms with Gasteiger partial charge in [0.05, 0.1) is 39.6 Å². The summed E-state index contributed by atoms with van der Waals surface area (Å²) in [4.78, 5) is 52.1. The van der Waals surface area contributed by atoms with Crippen molar-refractivity contribution < 1.29 is 57.5 Å². The van der Waals surface area contributed by atoms with Crippen molar-refractivity contribution in [2.45, 2.75) is 62.8 Å². The van der Waals surface area contributed by atoms with E-state index in [1.165, 1.54) is 11.1 Å². The minimum atomic E-state index is -1.13. The maximum absolute atomic E-state index is 12.3. The molecule has 0 saturated carbocycles. The van der Waals surface area contributed by atoms with Gasteiger partial charge in [-0.3, -0.25) is 4.79 Å². The van der Waals surface area contributed by atoms with Gasteiger partial charge >= 0.3 is 18.3 Å². The Balaban J connectivity index is 0.889. The number of benzene rings is 2. The molecule has 1 fully saturated rings. The van der Waals surface area contributed by atoms with E-state index < -0.39 is 30.5 Å². The average molecular weight is 794 g/mol. The molecular formula is C37H51N3O12S2. The molecule has 1 saturated heterocycles. The number of carbonyl (C=O) groups is 4. The van der Waals surface area contributed by atoms with Crippen molar-refractivity contribution >= 4 is 45.8 Å². The van der Waals surface area contributed by atoms with Crippen LogP contribution in [0.3, 0.4) is 0 Å². The Kier molecular flexibility index (Phi) is 18.5. The number of carbonyl (C=O) groups excluding carboxylic acids is 4. The highest BCUT2D eigenvalue weighted by Gasteiger charge is 2.33. The molecule has 0 aromatic heterocycles. The fraction of sp³-hybridized carbons (Fsp3) is 0.568. The van der Waals surface area contributed by atoms with Crippen LogP contribution in [-0.2, 0) is 38.1 Å². The van der Waals surface area contributed by atoms with Crippen molar-refractivity contribution in [1.82, 2.24) is 15.7 Å². The predicted octanol–water partition coefficient (Wildman–Crippen LogP) is 5.60. The molecule has 0 spiro atoms. The lowest BCUT2D eigenvalue weighted by Crippen LogP contribution is -2.35. The number of nitrogens with zero attached hydrogens (tertiary/aromatic N) is 1. The molecular weight excluding hydrogens is 743 g/mol. The Morgan fingerprint density at radius 3 is 2.04 bits per heavy atom. The molecule has 1 aliphatic carbocycles. The number of aliphatic hydroxyl groups is 1. The van der Waals surface area contributed by atoms with Gasteiger partial charge in [-0.15, -0.1) is 5.06 Å². The van der Waals surface area contributed by atoms with Crippen molar-refractivity contribution in [3.05, 3.63) is 59.7 Å². The van der Waals surface area contributed by atoms with Crippen molar-refractivity contribution in [1.29, 1.82) is 0 Å². The van der Waals surface area contributed by atoms with Gasteiger partial charge in [-0.1, -0.05) is 70.1 Å². The number of aliphatic hydroxyl groups excluding tert-OH is 1. The van der Waals surface area contributed by atoms with E-state index in [1.807, 2.05) is 24.3 Å². The van der Waals surface area contributed by atoms with Crippen molar-refractivity contribution in [2.24, 2.45) is 0 Å². The van der Waals surface area contributed by atoms with E-state index in [4.69, 9.17) is 33.3 Å². The van der Waals surface area contributed by atoms with Crippen LogP contribution in [0.5, 0.6) is 0 Å². The van der Waals surface area contributed by atoms with Crippen LogP contribution in [-0.4, -0.2) is 117 Å². The summed E-state index contributed by atoms with van der Waals surface area (Å²) >= 11 is 0. The molecule has 3 amide bonds. The SMILES string of the molecule is CC(C)(CCOC(=O)NCCOCCOCCNC(=O)OCC1c2ccccc2-c2ccccc21)SSCOCCCCOC(=O)ON1C(=O)CCC1O. The zero-order valence-corrected chi connectivity index (χ0v) is 32.4. The molecule has 1 atom stereocenters. The van der Waals surface area contributed by atoms with Gasteiger partial charge in [0.25, 0.3) is 5.91 Å². The number of ether oxygens (including phenoxy) is 6. The molecule has 0 radical (unpaired) electrons. The average Bonchev–Trinajstić information content (AvgIpc) is 3.65. The second kappa shape index (κ2) is 23.2. The van der Waals surface area contributed by atoms with Gasteiger partial charge in [-0.2, -0.15) is 0 Å². The first-order chi connectivity index (χ1) is 26.1. The Labute approximate surface area is 323 Å². The summed E-state index contributed by atoms with van der Waals surface area (Å²) in [7, 11) is 3.20. The number of hydrogen-bond acceptors (Lipinski definition) is 14. The van der Waals surface area contributed by atoms with Crippen LogP contribution >= 0.6 is 21.6 Å². The second-order valence-electron chi connectivity index (χ2n) is 12.9. The highest BCUT2D eigenvalue weighted by Crippen LogP contribution is 2.44. The summed E-state index contributed by atoms with van der Waals surface area (Å²) in [5, 5.41) is 15.6. The Hall–Kier alpha value is -3.74. The molecule has 2 aromatic carbocycles. The lowest BCUT2D eigenvalue weighted by Gasteiger charge is -2.22. The van der Waals surface area contributed by atoms with Crippen molar-refractivity contribution in [3.63, 3.8) is 0 Å². The van der Waals surface area contributed by atoms with Crippen molar-refractivity contribution in [3.8, 4) is 11.1 Å². The molecule has 1 heterocycles. The third-order valence-corrected chi connectivity index (χ3v) is 11.3. The molecule has 0 bridgehead atoms. The smallest absolute Gasteiger partial charge is 0.450 e. The molecule has 3 N–H and O–H groups in total. The van der Waals surface area contributed by atoms with Gasteiger partial charge in [0.15, 0.2) is 6.23 Å². The van der Waals surface area contributed by atoms with E-state index in [0.29, 0.717) is 76.4 Å². The molecule has 1 aliphatic heterocycles. The molecule has 2 aromatic rings. The predicted molar refractivity (Wildman–Crippen MR) is 203 cm³/mol. The van der Waals surface area contributed by atoms with E-state index in [-0.39, 0.29) is 43.3 Å². The first-order valence-electron chi connectivity index (χ1n) is 18.0. The minimum Gasteiger partial charge on any atom is -0.450 e. The zero-order valence-electron chi connectivity index (χ0n) is 30.8. The Morgan fingerprint density at radius 1 is 0.796 bits per heavy atom. The monoisotopic (exact) mass is 793 g/mol. The summed E-state index contributed by atoms with van der Waals surface area (Å²) in [6.45, 7) is 7.15. The van der Waals surface area contributed by atoms with Crippen LogP contribution in [0.25, 0.3) is 11.1 Å². The van der Waals surface area contributed by atoms with Crippen molar-refractivity contribution in [2.75, 3.05) is 71.9 Å². The topological polar surface area (TPSA) is 180 Å². The number of nitrogens with one attached hydrogen (secondary N) is 2. The van der Waals surface area contributed by atoms with E-state index in [0.717, 1.165) is 11.1 Å². The largest absolute Gasteiger partial charge is 0.533 e. The lowest BCUT2D eigenvalue weighted by molar-refractivity contribution is -0.199. The molecule has 15 nitrogen and oxygen atoms in total. The van der Waals surface area contributed by atoms with E-state index >= 15 is 0 Å². The molecule has 298 valence electrons. The van der Waals surface area contributed by atoms with Crippen LogP contribution in [0.15, 0.2) is 48.5 Å². The molecule has 2 aliphatic rings. The second-order valence-corrected chi connectivity index (χ2v) is 15.9. The molecule has 54 heavy (non-hydrogen) atoms. The van der Waals surface area contributed by atoms with Crippen LogP contribution in [0.1, 0.15) is 63.0 Å². The van der Waals surface area contributed by atoms with E-state index in [1.54, 1.807) is 21.6 Å². The highest BCUT2D eigenvalue weighted by atomic mass is 33.1. The number of hydroxylamine groups is 2. The number of amides is 3. The van der Waals surface area contributed by atoms with Gasteiger partial charge < -0.3 is 49.0 Å². The molecule has 1 unspecified atom stereocenters. The highest BCUT2D eigenvalue weighted by molar-refractivity contribution is 8.77. The third kappa shape index (κ3) is 14.8. The molecule has 4 rings (SSSR count). The Bertz CT molecular complexity index is 1450. The summed E-state index contributed by atoms with van der Waals surface area (Å²) in [6.07, 6.45) is -0.933. The number of unbranched alkanes of at least 4 members (excludes halogenated alkanes) is 1. The Morgan fingerprint density at radius 2 is 1.41 bits per heavy atom. The maximum atomic E-state index is 12.3. The quantitative estimate of drug-likeness (QED) is 0.0393. The number of alkyl carbamates (subject to hydrolysis) is 2. The first kappa shape index (κ1) is 43.0. The van der Waals surface area contributed by atoms with Crippen LogP contribution in [0.4, 0.5) is 14.4 Å². The maximum Gasteiger partial charge on any atom is 0.533 e. The number of fused-ring (bicyclic) bond motifs is 3. The van der Waals surface area contributed by atoms with Gasteiger partial charge in [0, 0.05) is 43.2 Å². The van der Waals surface area contributed by atoms with Gasteiger partial charge in [0.1, 0.15) is 12.5 Å². The van der Waals surface area contributed by atoms with Crippen LogP contribution < -0.4 is 10.6 Å². The van der Waals surface area contributed by atoms with Crippen LogP contribution in [0, 0.1) is 0 Å². The van der Waals surface area contributed by atoms with E-state index in [2.05, 4.69) is 48.7 Å². The fourth-order valence-corrected chi connectivity index (χ4v) is 7.78. The molecule has 17 heteroatoms. The minimum absolute atomic E-state index is 0.00945. The van der Waals surface area contributed by atoms with Crippen LogP contribution in [0.2, 0.25) is 0 Å². The summed E-state index contributed by atoms with van der Waals surface area (Å²) in [6, 6.07) is 16.4. The van der Waals surface area contributed by atoms with Gasteiger partial charge in [-0.25, -0.2) is 14.4 Å². The normalized spacial score (nSPS) is 15.1. The summed E-state index contributed by atoms with van der Waals surface area (Å²) in [5.41, 5.74) is 4.69.